The average Bonchev–Trinajstić information content (AvgIpc) is 2.25. The van der Waals surface area contributed by atoms with Gasteiger partial charge in [0, 0.05) is 6.20 Å². The Morgan fingerprint density at radius 1 is 1.50 bits per heavy atom. The average molecular weight is 223 g/mol. The van der Waals surface area contributed by atoms with E-state index in [1.807, 2.05) is 13.8 Å². The Morgan fingerprint density at radius 2 is 2.12 bits per heavy atom. The fourth-order valence-electron chi connectivity index (χ4n) is 1.55. The van der Waals surface area contributed by atoms with Crippen molar-refractivity contribution in [2.75, 3.05) is 5.32 Å². The first-order valence-electron chi connectivity index (χ1n) is 5.35. The molecule has 0 spiro atoms. The molecule has 0 atom stereocenters. The zero-order valence-electron chi connectivity index (χ0n) is 9.82. The molecule has 2 N–H and O–H groups in total. The summed E-state index contributed by atoms with van der Waals surface area (Å²) in [5, 5.41) is 12.2. The van der Waals surface area contributed by atoms with Crippen molar-refractivity contribution in [2.24, 2.45) is 0 Å². The van der Waals surface area contributed by atoms with Crippen molar-refractivity contribution in [2.45, 2.75) is 39.2 Å². The van der Waals surface area contributed by atoms with Crippen molar-refractivity contribution in [3.8, 4) is 0 Å². The Balaban J connectivity index is 2.96. The third-order valence-electron chi connectivity index (χ3n) is 2.76. The predicted octanol–water partition coefficient (Wildman–Crippen LogP) is 1.84. The summed E-state index contributed by atoms with van der Waals surface area (Å²) in [6, 6.07) is 1.68. The lowest BCUT2D eigenvalue weighted by Gasteiger charge is -2.28. The minimum absolute atomic E-state index is 0.502. The molecule has 0 aliphatic carbocycles. The number of hydrogen-bond acceptors (Lipinski definition) is 4. The van der Waals surface area contributed by atoms with Crippen molar-refractivity contribution in [1.82, 2.24) is 9.97 Å². The summed E-state index contributed by atoms with van der Waals surface area (Å²) >= 11 is 0. The van der Waals surface area contributed by atoms with Crippen LogP contribution in [0.1, 0.15) is 32.5 Å². The van der Waals surface area contributed by atoms with Crippen LogP contribution in [0, 0.1) is 6.92 Å². The van der Waals surface area contributed by atoms with Crippen LogP contribution in [0.25, 0.3) is 0 Å². The van der Waals surface area contributed by atoms with E-state index < -0.39 is 11.5 Å². The third kappa shape index (κ3) is 2.48. The number of carboxylic acid groups (broad SMARTS) is 1. The van der Waals surface area contributed by atoms with E-state index in [1.165, 1.54) is 0 Å². The van der Waals surface area contributed by atoms with Crippen LogP contribution < -0.4 is 5.32 Å². The van der Waals surface area contributed by atoms with Crippen molar-refractivity contribution in [1.29, 1.82) is 0 Å². The minimum atomic E-state index is -0.944. The summed E-state index contributed by atoms with van der Waals surface area (Å²) < 4.78 is 0. The summed E-state index contributed by atoms with van der Waals surface area (Å²) in [4.78, 5) is 19.4. The maximum Gasteiger partial charge on any atom is 0.329 e. The highest BCUT2D eigenvalue weighted by Crippen LogP contribution is 2.21. The Kier molecular flexibility index (Phi) is 3.82. The Labute approximate surface area is 94.9 Å². The largest absolute Gasteiger partial charge is 0.480 e. The predicted molar refractivity (Wildman–Crippen MR) is 61.3 cm³/mol. The van der Waals surface area contributed by atoms with E-state index in [2.05, 4.69) is 15.3 Å². The number of carbonyl (C=O) groups is 1. The van der Waals surface area contributed by atoms with Gasteiger partial charge in [-0.15, -0.1) is 0 Å². The second-order valence-corrected chi connectivity index (χ2v) is 3.71. The second kappa shape index (κ2) is 4.92. The molecule has 0 saturated carbocycles. The first kappa shape index (κ1) is 12.4. The number of nitrogens with one attached hydrogen (secondary N) is 1. The Bertz CT molecular complexity index is 375. The van der Waals surface area contributed by atoms with E-state index in [1.54, 1.807) is 19.2 Å². The SMILES string of the molecule is CCC(CC)(Nc1ccnc(C)n1)C(=O)O. The summed E-state index contributed by atoms with van der Waals surface area (Å²) in [7, 11) is 0. The van der Waals surface area contributed by atoms with Gasteiger partial charge >= 0.3 is 5.97 Å². The lowest BCUT2D eigenvalue weighted by molar-refractivity contribution is -0.142. The molecule has 5 nitrogen and oxygen atoms in total. The first-order valence-corrected chi connectivity index (χ1v) is 5.35. The topological polar surface area (TPSA) is 75.1 Å². The molecule has 0 amide bonds. The highest BCUT2D eigenvalue weighted by atomic mass is 16.4. The van der Waals surface area contributed by atoms with E-state index >= 15 is 0 Å². The Morgan fingerprint density at radius 3 is 2.56 bits per heavy atom. The van der Waals surface area contributed by atoms with Gasteiger partial charge in [-0.3, -0.25) is 0 Å². The lowest BCUT2D eigenvalue weighted by Crippen LogP contribution is -2.45. The first-order chi connectivity index (χ1) is 7.54. The van der Waals surface area contributed by atoms with E-state index in [0.717, 1.165) is 0 Å². The van der Waals surface area contributed by atoms with Crippen molar-refractivity contribution in [3.63, 3.8) is 0 Å². The fourth-order valence-corrected chi connectivity index (χ4v) is 1.55. The molecule has 88 valence electrons. The van der Waals surface area contributed by atoms with Crippen LogP contribution in [0.4, 0.5) is 5.82 Å². The molecule has 0 radical (unpaired) electrons. The van der Waals surface area contributed by atoms with Gasteiger partial charge in [0.15, 0.2) is 0 Å². The van der Waals surface area contributed by atoms with Crippen LogP contribution in [0.3, 0.4) is 0 Å². The monoisotopic (exact) mass is 223 g/mol. The number of rotatable bonds is 5. The van der Waals surface area contributed by atoms with Crippen molar-refractivity contribution >= 4 is 11.8 Å². The van der Waals surface area contributed by atoms with Crippen LogP contribution >= 0.6 is 0 Å². The summed E-state index contributed by atoms with van der Waals surface area (Å²) in [6.07, 6.45) is 2.62. The molecule has 1 aromatic heterocycles. The molecule has 1 aromatic rings. The molecule has 0 aliphatic heterocycles. The zero-order valence-corrected chi connectivity index (χ0v) is 9.82. The maximum absolute atomic E-state index is 11.3. The molecule has 1 rings (SSSR count). The van der Waals surface area contributed by atoms with E-state index in [-0.39, 0.29) is 0 Å². The quantitative estimate of drug-likeness (QED) is 0.796. The molecule has 0 bridgehead atoms. The Hall–Kier alpha value is -1.65. The van der Waals surface area contributed by atoms with Gasteiger partial charge in [0.1, 0.15) is 17.2 Å². The maximum atomic E-state index is 11.3. The van der Waals surface area contributed by atoms with Crippen LogP contribution in [-0.4, -0.2) is 26.6 Å². The highest BCUT2D eigenvalue weighted by Gasteiger charge is 2.34. The highest BCUT2D eigenvalue weighted by molar-refractivity contribution is 5.82. The van der Waals surface area contributed by atoms with Gasteiger partial charge in [-0.1, -0.05) is 13.8 Å². The second-order valence-electron chi connectivity index (χ2n) is 3.71. The summed E-state index contributed by atoms with van der Waals surface area (Å²) in [6.45, 7) is 5.46. The van der Waals surface area contributed by atoms with Crippen molar-refractivity contribution in [3.05, 3.63) is 18.1 Å². The van der Waals surface area contributed by atoms with Gasteiger partial charge in [-0.2, -0.15) is 0 Å². The number of nitrogens with zero attached hydrogens (tertiary/aromatic N) is 2. The smallest absolute Gasteiger partial charge is 0.329 e. The van der Waals surface area contributed by atoms with Gasteiger partial charge in [0.25, 0.3) is 0 Å². The molecule has 0 aromatic carbocycles. The molecule has 0 fully saturated rings. The van der Waals surface area contributed by atoms with Crippen LogP contribution in [0.5, 0.6) is 0 Å². The summed E-state index contributed by atoms with van der Waals surface area (Å²) in [5.74, 6) is 0.323. The molecule has 0 aliphatic rings. The number of anilines is 1. The summed E-state index contributed by atoms with van der Waals surface area (Å²) in [5.41, 5.74) is -0.944. The minimum Gasteiger partial charge on any atom is -0.480 e. The van der Waals surface area contributed by atoms with E-state index in [9.17, 15) is 9.90 Å². The molecule has 0 unspecified atom stereocenters. The van der Waals surface area contributed by atoms with E-state index in [0.29, 0.717) is 24.5 Å². The lowest BCUT2D eigenvalue weighted by atomic mass is 9.93. The van der Waals surface area contributed by atoms with E-state index in [4.69, 9.17) is 0 Å². The molecular formula is C11H17N3O2. The van der Waals surface area contributed by atoms with Gasteiger partial charge < -0.3 is 10.4 Å². The number of hydrogen-bond donors (Lipinski definition) is 2. The van der Waals surface area contributed by atoms with Crippen molar-refractivity contribution < 1.29 is 9.90 Å². The molecule has 16 heavy (non-hydrogen) atoms. The zero-order chi connectivity index (χ0) is 12.2. The van der Waals surface area contributed by atoms with Gasteiger partial charge in [-0.25, -0.2) is 14.8 Å². The van der Waals surface area contributed by atoms with Gasteiger partial charge in [0.2, 0.25) is 0 Å². The van der Waals surface area contributed by atoms with Crippen LogP contribution in [0.15, 0.2) is 12.3 Å². The molecular weight excluding hydrogens is 206 g/mol. The molecule has 5 heteroatoms. The fraction of sp³-hybridized carbons (Fsp3) is 0.545. The van der Waals surface area contributed by atoms with Crippen LogP contribution in [-0.2, 0) is 4.79 Å². The number of carboxylic acids is 1. The molecule has 0 saturated heterocycles. The van der Waals surface area contributed by atoms with Crippen LogP contribution in [0.2, 0.25) is 0 Å². The normalized spacial score (nSPS) is 11.2. The van der Waals surface area contributed by atoms with Gasteiger partial charge in [-0.05, 0) is 25.8 Å². The number of aliphatic carboxylic acids is 1. The third-order valence-corrected chi connectivity index (χ3v) is 2.76. The molecule has 1 heterocycles. The standard InChI is InChI=1S/C11H17N3O2/c1-4-11(5-2,10(15)16)14-9-6-7-12-8(3)13-9/h6-7H,4-5H2,1-3H3,(H,15,16)(H,12,13,14). The number of aromatic nitrogens is 2. The van der Waals surface area contributed by atoms with Gasteiger partial charge in [0.05, 0.1) is 0 Å². The number of aryl methyl sites for hydroxylation is 1.